The van der Waals surface area contributed by atoms with Crippen LogP contribution in [0.3, 0.4) is 0 Å². The lowest BCUT2D eigenvalue weighted by Gasteiger charge is -2.12. The largest absolute Gasteiger partial charge is 0.459 e. The maximum atomic E-state index is 6.20. The summed E-state index contributed by atoms with van der Waals surface area (Å²) < 4.78 is 5.89. The minimum Gasteiger partial charge on any atom is -0.459 e. The summed E-state index contributed by atoms with van der Waals surface area (Å²) in [5.41, 5.74) is 8.33. The maximum absolute atomic E-state index is 6.20. The topological polar surface area (TPSA) is 39.2 Å². The van der Waals surface area contributed by atoms with Gasteiger partial charge in [0.15, 0.2) is 0 Å². The molecule has 0 radical (unpaired) electrons. The second-order valence-corrected chi connectivity index (χ2v) is 6.27. The molecule has 2 aromatic rings. The highest BCUT2D eigenvalue weighted by Crippen LogP contribution is 2.28. The van der Waals surface area contributed by atoms with Crippen LogP contribution in [0.4, 0.5) is 0 Å². The maximum Gasteiger partial charge on any atom is 0.137 e. The molecule has 2 N–H and O–H groups in total. The van der Waals surface area contributed by atoms with E-state index in [0.717, 1.165) is 22.5 Å². The molecular weight excluding hydrogens is 242 g/mol. The summed E-state index contributed by atoms with van der Waals surface area (Å²) >= 11 is 1.91. The van der Waals surface area contributed by atoms with Crippen LogP contribution in [0, 0.1) is 6.92 Å². The molecule has 0 aliphatic rings. The van der Waals surface area contributed by atoms with Crippen molar-refractivity contribution in [2.24, 2.45) is 5.73 Å². The zero-order valence-electron chi connectivity index (χ0n) is 11.3. The van der Waals surface area contributed by atoms with Crippen molar-refractivity contribution in [2.75, 3.05) is 5.75 Å². The Labute approximate surface area is 113 Å². The molecule has 2 rings (SSSR count). The quantitative estimate of drug-likeness (QED) is 0.875. The van der Waals surface area contributed by atoms with Crippen LogP contribution in [-0.4, -0.2) is 11.0 Å². The number of aryl methyl sites for hydroxylation is 1. The first-order chi connectivity index (χ1) is 8.61. The molecule has 2 unspecified atom stereocenters. The van der Waals surface area contributed by atoms with Gasteiger partial charge in [0, 0.05) is 16.4 Å². The van der Waals surface area contributed by atoms with Crippen molar-refractivity contribution in [3.05, 3.63) is 35.6 Å². The molecule has 3 heteroatoms. The van der Waals surface area contributed by atoms with Crippen LogP contribution in [0.25, 0.3) is 11.0 Å². The number of benzene rings is 1. The Morgan fingerprint density at radius 3 is 2.83 bits per heavy atom. The van der Waals surface area contributed by atoms with Gasteiger partial charge in [0.25, 0.3) is 0 Å². The molecule has 2 atom stereocenters. The molecule has 0 amide bonds. The van der Waals surface area contributed by atoms with Gasteiger partial charge >= 0.3 is 0 Å². The molecule has 0 saturated heterocycles. The lowest BCUT2D eigenvalue weighted by molar-refractivity contribution is 0.514. The molecular formula is C15H21NOS. The third kappa shape index (κ3) is 2.90. The van der Waals surface area contributed by atoms with Crippen LogP contribution < -0.4 is 5.73 Å². The smallest absolute Gasteiger partial charge is 0.137 e. The molecule has 1 aromatic heterocycles. The fourth-order valence-electron chi connectivity index (χ4n) is 1.88. The summed E-state index contributed by atoms with van der Waals surface area (Å²) in [5, 5.41) is 1.80. The Hall–Kier alpha value is -0.930. The molecule has 0 bridgehead atoms. The van der Waals surface area contributed by atoms with E-state index in [-0.39, 0.29) is 6.04 Å². The van der Waals surface area contributed by atoms with Gasteiger partial charge in [-0.2, -0.15) is 11.8 Å². The SMILES string of the molecule is CCC(C)SCC(N)c1cc2cccc(C)c2o1. The number of furan rings is 1. The van der Waals surface area contributed by atoms with E-state index in [4.69, 9.17) is 10.2 Å². The van der Waals surface area contributed by atoms with Gasteiger partial charge in [0.05, 0.1) is 6.04 Å². The van der Waals surface area contributed by atoms with E-state index in [1.807, 2.05) is 11.8 Å². The summed E-state index contributed by atoms with van der Waals surface area (Å²) in [6, 6.07) is 8.25. The number of fused-ring (bicyclic) bond motifs is 1. The predicted molar refractivity (Wildman–Crippen MR) is 80.1 cm³/mol. The average molecular weight is 263 g/mol. The van der Waals surface area contributed by atoms with E-state index in [1.165, 1.54) is 12.0 Å². The monoisotopic (exact) mass is 263 g/mol. The van der Waals surface area contributed by atoms with Crippen LogP contribution in [0.15, 0.2) is 28.7 Å². The second kappa shape index (κ2) is 5.81. The van der Waals surface area contributed by atoms with Crippen LogP contribution in [0.5, 0.6) is 0 Å². The van der Waals surface area contributed by atoms with E-state index >= 15 is 0 Å². The van der Waals surface area contributed by atoms with Gasteiger partial charge in [-0.3, -0.25) is 0 Å². The van der Waals surface area contributed by atoms with Gasteiger partial charge in [0.1, 0.15) is 11.3 Å². The van der Waals surface area contributed by atoms with Crippen molar-refractivity contribution in [3.63, 3.8) is 0 Å². The number of hydrogen-bond donors (Lipinski definition) is 1. The summed E-state index contributed by atoms with van der Waals surface area (Å²) in [6.07, 6.45) is 1.18. The van der Waals surface area contributed by atoms with Crippen LogP contribution in [0.2, 0.25) is 0 Å². The number of hydrogen-bond acceptors (Lipinski definition) is 3. The Morgan fingerprint density at radius 2 is 2.17 bits per heavy atom. The van der Waals surface area contributed by atoms with Crippen LogP contribution in [-0.2, 0) is 0 Å². The van der Waals surface area contributed by atoms with E-state index in [1.54, 1.807) is 0 Å². The number of thioether (sulfide) groups is 1. The Bertz CT molecular complexity index is 520. The van der Waals surface area contributed by atoms with Gasteiger partial charge < -0.3 is 10.2 Å². The molecule has 1 heterocycles. The van der Waals surface area contributed by atoms with Crippen LogP contribution in [0.1, 0.15) is 37.6 Å². The van der Waals surface area contributed by atoms with E-state index < -0.39 is 0 Å². The van der Waals surface area contributed by atoms with E-state index in [9.17, 15) is 0 Å². The molecule has 18 heavy (non-hydrogen) atoms. The third-order valence-electron chi connectivity index (χ3n) is 3.26. The zero-order chi connectivity index (χ0) is 13.1. The number of nitrogens with two attached hydrogens (primary N) is 1. The molecule has 0 aliphatic heterocycles. The number of rotatable bonds is 5. The first kappa shape index (κ1) is 13.5. The third-order valence-corrected chi connectivity index (χ3v) is 4.71. The van der Waals surface area contributed by atoms with Crippen molar-refractivity contribution in [2.45, 2.75) is 38.5 Å². The Kier molecular flexibility index (Phi) is 4.36. The average Bonchev–Trinajstić information content (AvgIpc) is 2.81. The van der Waals surface area contributed by atoms with E-state index in [2.05, 4.69) is 45.0 Å². The van der Waals surface area contributed by atoms with E-state index in [0.29, 0.717) is 5.25 Å². The molecule has 0 saturated carbocycles. The van der Waals surface area contributed by atoms with Gasteiger partial charge in [0.2, 0.25) is 0 Å². The van der Waals surface area contributed by atoms with Crippen molar-refractivity contribution >= 4 is 22.7 Å². The lowest BCUT2D eigenvalue weighted by atomic mass is 10.1. The normalized spacial score (nSPS) is 14.9. The second-order valence-electron chi connectivity index (χ2n) is 4.80. The van der Waals surface area contributed by atoms with Gasteiger partial charge in [-0.25, -0.2) is 0 Å². The molecule has 2 nitrogen and oxygen atoms in total. The molecule has 0 fully saturated rings. The summed E-state index contributed by atoms with van der Waals surface area (Å²) in [6.45, 7) is 6.50. The van der Waals surface area contributed by atoms with Gasteiger partial charge in [-0.15, -0.1) is 0 Å². The highest BCUT2D eigenvalue weighted by atomic mass is 32.2. The minimum absolute atomic E-state index is 0.0178. The van der Waals surface area contributed by atoms with Crippen molar-refractivity contribution in [1.29, 1.82) is 0 Å². The minimum atomic E-state index is -0.0178. The standard InChI is InChI=1S/C15H21NOS/c1-4-11(3)18-9-13(16)14-8-12-7-5-6-10(2)15(12)17-14/h5-8,11,13H,4,9,16H2,1-3H3. The Morgan fingerprint density at radius 1 is 1.39 bits per heavy atom. The zero-order valence-corrected chi connectivity index (χ0v) is 12.1. The first-order valence-corrected chi connectivity index (χ1v) is 7.53. The van der Waals surface area contributed by atoms with Gasteiger partial charge in [-0.05, 0) is 25.0 Å². The lowest BCUT2D eigenvalue weighted by Crippen LogP contribution is -2.13. The fourth-order valence-corrected chi connectivity index (χ4v) is 2.82. The van der Waals surface area contributed by atoms with Crippen molar-refractivity contribution in [1.82, 2.24) is 0 Å². The van der Waals surface area contributed by atoms with Crippen molar-refractivity contribution < 1.29 is 4.42 Å². The number of para-hydroxylation sites is 1. The molecule has 1 aromatic carbocycles. The summed E-state index contributed by atoms with van der Waals surface area (Å²) in [7, 11) is 0. The Balaban J connectivity index is 2.13. The predicted octanol–water partition coefficient (Wildman–Crippen LogP) is 4.27. The molecule has 98 valence electrons. The van der Waals surface area contributed by atoms with Gasteiger partial charge in [-0.1, -0.05) is 32.0 Å². The molecule has 0 aliphatic carbocycles. The summed E-state index contributed by atoms with van der Waals surface area (Å²) in [5.74, 6) is 1.81. The van der Waals surface area contributed by atoms with Crippen LogP contribution >= 0.6 is 11.8 Å². The molecule has 0 spiro atoms. The van der Waals surface area contributed by atoms with Crippen molar-refractivity contribution in [3.8, 4) is 0 Å². The summed E-state index contributed by atoms with van der Waals surface area (Å²) in [4.78, 5) is 0. The fraction of sp³-hybridized carbons (Fsp3) is 0.467. The first-order valence-electron chi connectivity index (χ1n) is 6.48. The highest BCUT2D eigenvalue weighted by Gasteiger charge is 2.14. The highest BCUT2D eigenvalue weighted by molar-refractivity contribution is 7.99.